The van der Waals surface area contributed by atoms with E-state index in [1.165, 1.54) is 25.7 Å². The Morgan fingerprint density at radius 2 is 1.42 bits per heavy atom. The standard InChI is InChI=1S/C20H24N4/c1-2-3-4-5-6-7-8-17-11-16(18(12-21)13-22)9-10-20(17)19(14-23)15-24/h17H,2-11H2,1H3. The number of allylic oxidation sites excluding steroid dienone is 4. The second kappa shape index (κ2) is 11.0. The van der Waals surface area contributed by atoms with Gasteiger partial charge in [0, 0.05) is 0 Å². The summed E-state index contributed by atoms with van der Waals surface area (Å²) in [7, 11) is 0. The Morgan fingerprint density at radius 1 is 0.833 bits per heavy atom. The molecule has 0 amide bonds. The lowest BCUT2D eigenvalue weighted by atomic mass is 9.75. The molecule has 1 atom stereocenters. The molecule has 0 radical (unpaired) electrons. The van der Waals surface area contributed by atoms with Crippen molar-refractivity contribution in [1.82, 2.24) is 0 Å². The van der Waals surface area contributed by atoms with Gasteiger partial charge in [0.1, 0.15) is 35.4 Å². The van der Waals surface area contributed by atoms with Gasteiger partial charge in [-0.15, -0.1) is 0 Å². The molecule has 0 aromatic heterocycles. The summed E-state index contributed by atoms with van der Waals surface area (Å²) in [6.07, 6.45) is 9.94. The SMILES string of the molecule is CCCCCCCCC1CC(=C(C#N)C#N)CCC1=C(C#N)C#N. The van der Waals surface area contributed by atoms with Crippen molar-refractivity contribution in [2.24, 2.45) is 5.92 Å². The molecule has 1 saturated carbocycles. The van der Waals surface area contributed by atoms with Gasteiger partial charge < -0.3 is 0 Å². The van der Waals surface area contributed by atoms with Crippen LogP contribution in [0.1, 0.15) is 71.1 Å². The summed E-state index contributed by atoms with van der Waals surface area (Å²) < 4.78 is 0. The van der Waals surface area contributed by atoms with Crippen LogP contribution in [-0.2, 0) is 0 Å². The fraction of sp³-hybridized carbons (Fsp3) is 0.600. The highest BCUT2D eigenvalue weighted by molar-refractivity contribution is 5.46. The van der Waals surface area contributed by atoms with Gasteiger partial charge in [-0.25, -0.2) is 0 Å². The van der Waals surface area contributed by atoms with Gasteiger partial charge in [-0.1, -0.05) is 45.4 Å². The van der Waals surface area contributed by atoms with Crippen LogP contribution in [0, 0.1) is 51.2 Å². The summed E-state index contributed by atoms with van der Waals surface area (Å²) in [5.74, 6) is 0.117. The summed E-state index contributed by atoms with van der Waals surface area (Å²) in [4.78, 5) is 0. The van der Waals surface area contributed by atoms with Crippen LogP contribution >= 0.6 is 0 Å². The molecule has 1 aliphatic carbocycles. The molecule has 0 heterocycles. The Hall–Kier alpha value is -2.56. The lowest BCUT2D eigenvalue weighted by Crippen LogP contribution is -2.15. The molecule has 0 N–H and O–H groups in total. The zero-order valence-electron chi connectivity index (χ0n) is 14.4. The van der Waals surface area contributed by atoms with Crippen molar-refractivity contribution in [2.75, 3.05) is 0 Å². The van der Waals surface area contributed by atoms with Crippen LogP contribution in [0.15, 0.2) is 22.3 Å². The van der Waals surface area contributed by atoms with Gasteiger partial charge >= 0.3 is 0 Å². The van der Waals surface area contributed by atoms with E-state index in [1.54, 1.807) is 0 Å². The highest BCUT2D eigenvalue weighted by atomic mass is 14.4. The van der Waals surface area contributed by atoms with Gasteiger partial charge in [0.2, 0.25) is 0 Å². The first-order valence-corrected chi connectivity index (χ1v) is 8.77. The Morgan fingerprint density at radius 3 is 2.00 bits per heavy atom. The molecule has 0 aromatic rings. The lowest BCUT2D eigenvalue weighted by Gasteiger charge is -2.27. The first-order valence-electron chi connectivity index (χ1n) is 8.77. The van der Waals surface area contributed by atoms with E-state index < -0.39 is 0 Å². The summed E-state index contributed by atoms with van der Waals surface area (Å²) in [5, 5.41) is 36.5. The van der Waals surface area contributed by atoms with Crippen molar-refractivity contribution < 1.29 is 0 Å². The average molecular weight is 320 g/mol. The highest BCUT2D eigenvalue weighted by Crippen LogP contribution is 2.39. The number of hydrogen-bond acceptors (Lipinski definition) is 4. The van der Waals surface area contributed by atoms with Crippen LogP contribution in [0.5, 0.6) is 0 Å². The summed E-state index contributed by atoms with van der Waals surface area (Å²) in [6, 6.07) is 7.98. The zero-order chi connectivity index (χ0) is 17.8. The molecule has 0 saturated heterocycles. The van der Waals surface area contributed by atoms with Crippen molar-refractivity contribution in [2.45, 2.75) is 71.1 Å². The van der Waals surface area contributed by atoms with E-state index in [0.29, 0.717) is 19.3 Å². The molecule has 4 nitrogen and oxygen atoms in total. The van der Waals surface area contributed by atoms with Crippen LogP contribution in [-0.4, -0.2) is 0 Å². The fourth-order valence-electron chi connectivity index (χ4n) is 3.37. The van der Waals surface area contributed by atoms with Gasteiger partial charge in [0.05, 0.1) is 0 Å². The molecular weight excluding hydrogens is 296 g/mol. The molecule has 24 heavy (non-hydrogen) atoms. The number of unbranched alkanes of at least 4 members (excludes halogenated alkanes) is 5. The molecule has 4 heteroatoms. The van der Waals surface area contributed by atoms with E-state index in [1.807, 2.05) is 24.3 Å². The third kappa shape index (κ3) is 5.57. The van der Waals surface area contributed by atoms with Crippen LogP contribution in [0.25, 0.3) is 0 Å². The molecule has 0 bridgehead atoms. The van der Waals surface area contributed by atoms with Crippen molar-refractivity contribution in [3.05, 3.63) is 22.3 Å². The van der Waals surface area contributed by atoms with Crippen LogP contribution in [0.2, 0.25) is 0 Å². The molecule has 1 unspecified atom stereocenters. The predicted molar refractivity (Wildman–Crippen MR) is 91.8 cm³/mol. The summed E-state index contributed by atoms with van der Waals surface area (Å²) >= 11 is 0. The monoisotopic (exact) mass is 320 g/mol. The van der Waals surface area contributed by atoms with Gasteiger partial charge in [-0.3, -0.25) is 0 Å². The minimum absolute atomic E-state index is 0.117. The summed E-state index contributed by atoms with van der Waals surface area (Å²) in [5.41, 5.74) is 2.24. The van der Waals surface area contributed by atoms with Gasteiger partial charge in [-0.05, 0) is 42.7 Å². The Balaban J connectivity index is 2.83. The van der Waals surface area contributed by atoms with Crippen LogP contribution in [0.4, 0.5) is 0 Å². The number of nitriles is 4. The van der Waals surface area contributed by atoms with Gasteiger partial charge in [-0.2, -0.15) is 21.0 Å². The van der Waals surface area contributed by atoms with E-state index in [4.69, 9.17) is 10.5 Å². The largest absolute Gasteiger partial charge is 0.192 e. The zero-order valence-corrected chi connectivity index (χ0v) is 14.4. The van der Waals surface area contributed by atoms with Crippen LogP contribution in [0.3, 0.4) is 0 Å². The molecule has 124 valence electrons. The molecule has 1 fully saturated rings. The molecular formula is C20H24N4. The van der Waals surface area contributed by atoms with E-state index in [-0.39, 0.29) is 17.1 Å². The van der Waals surface area contributed by atoms with Crippen molar-refractivity contribution >= 4 is 0 Å². The number of nitrogens with zero attached hydrogens (tertiary/aromatic N) is 4. The van der Waals surface area contributed by atoms with Crippen molar-refractivity contribution in [3.63, 3.8) is 0 Å². The molecule has 0 spiro atoms. The van der Waals surface area contributed by atoms with E-state index in [2.05, 4.69) is 6.92 Å². The first kappa shape index (κ1) is 19.5. The number of rotatable bonds is 7. The third-order valence-corrected chi connectivity index (χ3v) is 4.71. The van der Waals surface area contributed by atoms with Crippen molar-refractivity contribution in [3.8, 4) is 24.3 Å². The molecule has 1 aliphatic rings. The van der Waals surface area contributed by atoms with Crippen LogP contribution < -0.4 is 0 Å². The Labute approximate surface area is 145 Å². The second-order valence-electron chi connectivity index (χ2n) is 6.28. The number of hydrogen-bond donors (Lipinski definition) is 0. The normalized spacial score (nSPS) is 16.5. The van der Waals surface area contributed by atoms with E-state index >= 15 is 0 Å². The lowest BCUT2D eigenvalue weighted by molar-refractivity contribution is 0.458. The molecule has 0 aromatic carbocycles. The second-order valence-corrected chi connectivity index (χ2v) is 6.28. The maximum absolute atomic E-state index is 9.19. The quantitative estimate of drug-likeness (QED) is 0.474. The topological polar surface area (TPSA) is 95.2 Å². The maximum Gasteiger partial charge on any atom is 0.129 e. The van der Waals surface area contributed by atoms with E-state index in [9.17, 15) is 10.5 Å². The average Bonchev–Trinajstić information content (AvgIpc) is 2.61. The summed E-state index contributed by atoms with van der Waals surface area (Å²) in [6.45, 7) is 2.19. The minimum Gasteiger partial charge on any atom is -0.192 e. The third-order valence-electron chi connectivity index (χ3n) is 4.71. The first-order chi connectivity index (χ1) is 11.7. The molecule has 1 rings (SSSR count). The van der Waals surface area contributed by atoms with Crippen molar-refractivity contribution in [1.29, 1.82) is 21.0 Å². The van der Waals surface area contributed by atoms with E-state index in [0.717, 1.165) is 30.4 Å². The maximum atomic E-state index is 9.19. The highest BCUT2D eigenvalue weighted by Gasteiger charge is 2.26. The fourth-order valence-corrected chi connectivity index (χ4v) is 3.37. The van der Waals surface area contributed by atoms with Gasteiger partial charge in [0.25, 0.3) is 0 Å². The Bertz CT molecular complexity index is 624. The molecule has 0 aliphatic heterocycles. The van der Waals surface area contributed by atoms with Gasteiger partial charge in [0.15, 0.2) is 0 Å². The smallest absolute Gasteiger partial charge is 0.129 e. The predicted octanol–water partition coefficient (Wildman–Crippen LogP) is 5.22. The Kier molecular flexibility index (Phi) is 8.97. The minimum atomic E-state index is 0.117.